The number of amides is 2. The van der Waals surface area contributed by atoms with Crippen LogP contribution in [0.2, 0.25) is 0 Å². The van der Waals surface area contributed by atoms with Gasteiger partial charge in [0.25, 0.3) is 17.4 Å². The molecule has 2 amide bonds. The Hall–Kier alpha value is -3.37. The van der Waals surface area contributed by atoms with Crippen LogP contribution in [0.4, 0.5) is 15.8 Å². The molecule has 2 N–H and O–H groups in total. The Balaban J connectivity index is 1.78. The van der Waals surface area contributed by atoms with Gasteiger partial charge >= 0.3 is 0 Å². The van der Waals surface area contributed by atoms with Gasteiger partial charge in [0, 0.05) is 27.6 Å². The third kappa shape index (κ3) is 4.39. The normalized spacial score (nSPS) is 10.8. The summed E-state index contributed by atoms with van der Waals surface area (Å²) in [5, 5.41) is 5.32. The molecule has 0 atom stereocenters. The number of nitrogens with zero attached hydrogens (tertiary/aromatic N) is 2. The van der Waals surface area contributed by atoms with Gasteiger partial charge < -0.3 is 10.6 Å². The smallest absolute Gasteiger partial charge is 0.274 e. The molecule has 2 heterocycles. The highest BCUT2D eigenvalue weighted by molar-refractivity contribution is 9.10. The second kappa shape index (κ2) is 8.40. The average Bonchev–Trinajstić information content (AvgIpc) is 3.11. The van der Waals surface area contributed by atoms with E-state index in [1.807, 2.05) is 0 Å². The molecular weight excluding hydrogens is 487 g/mol. The van der Waals surface area contributed by atoms with Gasteiger partial charge in [0.1, 0.15) is 16.4 Å². The maximum atomic E-state index is 13.2. The van der Waals surface area contributed by atoms with Crippen LogP contribution in [-0.4, -0.2) is 21.2 Å². The van der Waals surface area contributed by atoms with Crippen LogP contribution in [-0.2, 0) is 0 Å². The summed E-state index contributed by atoms with van der Waals surface area (Å²) in [7, 11) is 0. The summed E-state index contributed by atoms with van der Waals surface area (Å²) >= 11 is 4.25. The first-order valence-corrected chi connectivity index (χ1v) is 10.6. The molecule has 0 aliphatic rings. The number of aryl methyl sites for hydroxylation is 1. The number of nitrogens with one attached hydrogen (secondary N) is 2. The summed E-state index contributed by atoms with van der Waals surface area (Å²) in [6.07, 6.45) is 0. The SMILES string of the molecule is Cc1cc(=O)n2c(C(=O)Nc3ccc(Br)cc3)c(C(=O)Nc3ccc(F)cc3)sc2n1. The topological polar surface area (TPSA) is 92.6 Å². The minimum atomic E-state index is -0.634. The van der Waals surface area contributed by atoms with E-state index in [4.69, 9.17) is 0 Å². The number of hydrogen-bond donors (Lipinski definition) is 2. The highest BCUT2D eigenvalue weighted by atomic mass is 79.9. The van der Waals surface area contributed by atoms with Crippen molar-refractivity contribution < 1.29 is 14.0 Å². The molecule has 4 rings (SSSR count). The molecule has 10 heteroatoms. The van der Waals surface area contributed by atoms with E-state index in [9.17, 15) is 18.8 Å². The summed E-state index contributed by atoms with van der Waals surface area (Å²) in [5.74, 6) is -1.69. The van der Waals surface area contributed by atoms with Gasteiger partial charge in [-0.25, -0.2) is 13.8 Å². The Labute approximate surface area is 187 Å². The van der Waals surface area contributed by atoms with Gasteiger partial charge in [0.15, 0.2) is 4.96 Å². The van der Waals surface area contributed by atoms with Gasteiger partial charge in [0.2, 0.25) is 0 Å². The van der Waals surface area contributed by atoms with Crippen LogP contribution in [0.25, 0.3) is 4.96 Å². The molecule has 2 aromatic heterocycles. The number of benzene rings is 2. The summed E-state index contributed by atoms with van der Waals surface area (Å²) in [4.78, 5) is 43.2. The van der Waals surface area contributed by atoms with Gasteiger partial charge in [-0.2, -0.15) is 0 Å². The van der Waals surface area contributed by atoms with Gasteiger partial charge in [0.05, 0.1) is 0 Å². The van der Waals surface area contributed by atoms with E-state index in [1.165, 1.54) is 30.3 Å². The van der Waals surface area contributed by atoms with Gasteiger partial charge in [-0.05, 0) is 55.5 Å². The van der Waals surface area contributed by atoms with E-state index in [1.54, 1.807) is 31.2 Å². The lowest BCUT2D eigenvalue weighted by Gasteiger charge is -2.08. The Kier molecular flexibility index (Phi) is 5.66. The lowest BCUT2D eigenvalue weighted by molar-refractivity contribution is 0.0989. The highest BCUT2D eigenvalue weighted by Gasteiger charge is 2.26. The van der Waals surface area contributed by atoms with Crippen molar-refractivity contribution in [2.24, 2.45) is 0 Å². The summed E-state index contributed by atoms with van der Waals surface area (Å²) in [5.41, 5.74) is 0.711. The fourth-order valence-electron chi connectivity index (χ4n) is 2.89. The number of rotatable bonds is 4. The van der Waals surface area contributed by atoms with Crippen molar-refractivity contribution in [3.63, 3.8) is 0 Å². The third-order valence-corrected chi connectivity index (χ3v) is 5.84. The summed E-state index contributed by atoms with van der Waals surface area (Å²) in [6.45, 7) is 1.65. The molecule has 0 bridgehead atoms. The summed E-state index contributed by atoms with van der Waals surface area (Å²) in [6, 6.07) is 13.4. The molecule has 0 saturated carbocycles. The fourth-order valence-corrected chi connectivity index (χ4v) is 4.22. The number of anilines is 2. The second-order valence-electron chi connectivity index (χ2n) is 6.56. The number of hydrogen-bond acceptors (Lipinski definition) is 5. The maximum Gasteiger partial charge on any atom is 0.274 e. The molecule has 0 spiro atoms. The van der Waals surface area contributed by atoms with Crippen molar-refractivity contribution in [3.8, 4) is 0 Å². The first-order chi connectivity index (χ1) is 14.8. The number of carbonyl (C=O) groups is 2. The first kappa shape index (κ1) is 20.9. The van der Waals surface area contributed by atoms with Gasteiger partial charge in [-0.1, -0.05) is 27.3 Å². The van der Waals surface area contributed by atoms with Crippen molar-refractivity contribution in [3.05, 3.63) is 91.5 Å². The Morgan fingerprint density at radius 2 is 1.58 bits per heavy atom. The average molecular weight is 501 g/mol. The van der Waals surface area contributed by atoms with Crippen LogP contribution in [0.1, 0.15) is 25.9 Å². The Morgan fingerprint density at radius 3 is 2.23 bits per heavy atom. The van der Waals surface area contributed by atoms with Crippen LogP contribution in [0.3, 0.4) is 0 Å². The molecule has 156 valence electrons. The third-order valence-electron chi connectivity index (χ3n) is 4.27. The minimum absolute atomic E-state index is 0.00846. The quantitative estimate of drug-likeness (QED) is 0.432. The molecule has 0 aliphatic carbocycles. The summed E-state index contributed by atoms with van der Waals surface area (Å²) < 4.78 is 15.1. The zero-order valence-electron chi connectivity index (χ0n) is 16.0. The number of thiazole rings is 1. The van der Waals surface area contributed by atoms with Crippen molar-refractivity contribution in [1.82, 2.24) is 9.38 Å². The number of aromatic nitrogens is 2. The molecule has 0 saturated heterocycles. The zero-order chi connectivity index (χ0) is 22.1. The Morgan fingerprint density at radius 1 is 1.00 bits per heavy atom. The lowest BCUT2D eigenvalue weighted by Crippen LogP contribution is -2.25. The van der Waals surface area contributed by atoms with Gasteiger partial charge in [-0.15, -0.1) is 0 Å². The molecule has 0 fully saturated rings. The van der Waals surface area contributed by atoms with E-state index in [0.717, 1.165) is 20.2 Å². The molecular formula is C21H14BrFN4O3S. The Bertz CT molecular complexity index is 1360. The predicted octanol–water partition coefficient (Wildman–Crippen LogP) is 4.47. The number of carbonyl (C=O) groups excluding carboxylic acids is 2. The van der Waals surface area contributed by atoms with Crippen molar-refractivity contribution in [2.75, 3.05) is 10.6 Å². The van der Waals surface area contributed by atoms with E-state index < -0.39 is 23.2 Å². The molecule has 0 unspecified atom stereocenters. The standard InChI is InChI=1S/C21H14BrFN4O3S/c1-11-10-16(28)27-17(19(29)25-14-6-2-12(22)3-7-14)18(31-21(27)24-11)20(30)26-15-8-4-13(23)5-9-15/h2-10H,1H3,(H,25,29)(H,26,30). The van der Waals surface area contributed by atoms with Crippen LogP contribution < -0.4 is 16.2 Å². The molecule has 31 heavy (non-hydrogen) atoms. The second-order valence-corrected chi connectivity index (χ2v) is 8.45. The highest BCUT2D eigenvalue weighted by Crippen LogP contribution is 2.24. The zero-order valence-corrected chi connectivity index (χ0v) is 18.4. The van der Waals surface area contributed by atoms with Crippen LogP contribution in [0.5, 0.6) is 0 Å². The number of fused-ring (bicyclic) bond motifs is 1. The predicted molar refractivity (Wildman–Crippen MR) is 121 cm³/mol. The lowest BCUT2D eigenvalue weighted by atomic mass is 10.2. The van der Waals surface area contributed by atoms with E-state index in [-0.39, 0.29) is 15.5 Å². The van der Waals surface area contributed by atoms with E-state index >= 15 is 0 Å². The molecule has 7 nitrogen and oxygen atoms in total. The van der Waals surface area contributed by atoms with Crippen LogP contribution in [0, 0.1) is 12.7 Å². The minimum Gasteiger partial charge on any atom is -0.321 e. The van der Waals surface area contributed by atoms with Crippen molar-refractivity contribution in [1.29, 1.82) is 0 Å². The van der Waals surface area contributed by atoms with E-state index in [0.29, 0.717) is 17.1 Å². The van der Waals surface area contributed by atoms with Crippen molar-refractivity contribution in [2.45, 2.75) is 6.92 Å². The maximum absolute atomic E-state index is 13.2. The molecule has 0 aliphatic heterocycles. The first-order valence-electron chi connectivity index (χ1n) is 8.99. The molecule has 2 aromatic carbocycles. The van der Waals surface area contributed by atoms with Gasteiger partial charge in [-0.3, -0.25) is 14.4 Å². The number of halogens is 2. The van der Waals surface area contributed by atoms with E-state index in [2.05, 4.69) is 31.5 Å². The molecule has 4 aromatic rings. The van der Waals surface area contributed by atoms with Crippen molar-refractivity contribution >= 4 is 55.4 Å². The largest absolute Gasteiger partial charge is 0.321 e. The van der Waals surface area contributed by atoms with Crippen LogP contribution in [0.15, 0.2) is 63.9 Å². The van der Waals surface area contributed by atoms with Crippen LogP contribution >= 0.6 is 27.3 Å². The monoisotopic (exact) mass is 500 g/mol. The molecule has 0 radical (unpaired) electrons. The fraction of sp³-hybridized carbons (Fsp3) is 0.0476.